The zero-order chi connectivity index (χ0) is 22.0. The van der Waals surface area contributed by atoms with Gasteiger partial charge in [-0.1, -0.05) is 47.5 Å². The Labute approximate surface area is 187 Å². The van der Waals surface area contributed by atoms with Crippen molar-refractivity contribution < 1.29 is 8.95 Å². The van der Waals surface area contributed by atoms with Crippen LogP contribution in [0.2, 0.25) is 5.02 Å². The minimum Gasteiger partial charge on any atom is -0.437 e. The zero-order valence-corrected chi connectivity index (χ0v) is 18.2. The molecule has 2 atom stereocenters. The molecule has 154 valence electrons. The third kappa shape index (κ3) is 4.11. The Morgan fingerprint density at radius 2 is 1.81 bits per heavy atom. The van der Waals surface area contributed by atoms with Gasteiger partial charge in [0.05, 0.1) is 21.6 Å². The topological polar surface area (TPSA) is 89.0 Å². The Bertz CT molecular complexity index is 1240. The Hall–Kier alpha value is -3.40. The van der Waals surface area contributed by atoms with E-state index in [0.29, 0.717) is 20.5 Å². The number of benzene rings is 2. The molecule has 0 radical (unpaired) electrons. The molecule has 31 heavy (non-hydrogen) atoms. The first-order valence-electron chi connectivity index (χ1n) is 9.46. The first-order valence-corrected chi connectivity index (χ1v) is 11.0. The number of nitriles is 1. The van der Waals surface area contributed by atoms with Crippen LogP contribution in [0.15, 0.2) is 94.2 Å². The van der Waals surface area contributed by atoms with Gasteiger partial charge in [-0.3, -0.25) is 4.98 Å². The maximum absolute atomic E-state index is 13.9. The van der Waals surface area contributed by atoms with Crippen molar-refractivity contribution >= 4 is 28.2 Å². The molecule has 0 amide bonds. The molecule has 3 aromatic rings. The summed E-state index contributed by atoms with van der Waals surface area (Å²) in [4.78, 5) is 5.38. The molecule has 0 spiro atoms. The largest absolute Gasteiger partial charge is 0.437 e. The lowest BCUT2D eigenvalue weighted by molar-refractivity contribution is 0.357. The summed E-state index contributed by atoms with van der Waals surface area (Å²) in [5.41, 5.74) is 8.60. The fourth-order valence-corrected chi connectivity index (χ4v) is 4.91. The number of ether oxygens (including phenoxy) is 1. The third-order valence-corrected chi connectivity index (χ3v) is 6.68. The Balaban J connectivity index is 1.99. The van der Waals surface area contributed by atoms with Crippen LogP contribution in [-0.4, -0.2) is 9.19 Å². The quantitative estimate of drug-likeness (QED) is 0.606. The fourth-order valence-electron chi connectivity index (χ4n) is 3.37. The number of pyridine rings is 1. The first-order chi connectivity index (χ1) is 15.0. The number of nitrogens with zero attached hydrogens (tertiary/aromatic N) is 2. The highest BCUT2D eigenvalue weighted by Gasteiger charge is 2.37. The number of rotatable bonds is 4. The molecule has 0 fully saturated rings. The van der Waals surface area contributed by atoms with Gasteiger partial charge < -0.3 is 10.5 Å². The summed E-state index contributed by atoms with van der Waals surface area (Å²) in [5, 5.41) is 10.4. The first kappa shape index (κ1) is 20.9. The molecule has 7 heteroatoms. The second kappa shape index (κ2) is 8.76. The van der Waals surface area contributed by atoms with Crippen LogP contribution >= 0.6 is 11.6 Å². The van der Waals surface area contributed by atoms with Crippen molar-refractivity contribution in [3.8, 4) is 6.07 Å². The number of nitrogens with two attached hydrogens (primary N) is 1. The summed E-state index contributed by atoms with van der Waals surface area (Å²) < 4.78 is 19.7. The number of halogens is 1. The van der Waals surface area contributed by atoms with Crippen molar-refractivity contribution in [3.63, 3.8) is 0 Å². The number of allylic oxidation sites excluding steroid dienone is 2. The van der Waals surface area contributed by atoms with Gasteiger partial charge in [0.2, 0.25) is 5.88 Å². The van der Waals surface area contributed by atoms with Crippen LogP contribution in [0.25, 0.3) is 5.76 Å². The predicted octanol–water partition coefficient (Wildman–Crippen LogP) is 5.03. The summed E-state index contributed by atoms with van der Waals surface area (Å²) in [6.07, 6.45) is 1.62. The van der Waals surface area contributed by atoms with Crippen LogP contribution < -0.4 is 5.73 Å². The van der Waals surface area contributed by atoms with Gasteiger partial charge in [-0.2, -0.15) is 5.26 Å². The van der Waals surface area contributed by atoms with Gasteiger partial charge in [-0.25, -0.2) is 4.21 Å². The van der Waals surface area contributed by atoms with E-state index in [1.807, 2.05) is 25.1 Å². The minimum absolute atomic E-state index is 0.0345. The van der Waals surface area contributed by atoms with E-state index in [-0.39, 0.29) is 17.2 Å². The van der Waals surface area contributed by atoms with E-state index in [9.17, 15) is 9.47 Å². The van der Waals surface area contributed by atoms with E-state index >= 15 is 0 Å². The smallest absolute Gasteiger partial charge is 0.205 e. The molecule has 2 N–H and O–H groups in total. The molecule has 0 unspecified atom stereocenters. The van der Waals surface area contributed by atoms with E-state index in [1.165, 1.54) is 0 Å². The summed E-state index contributed by atoms with van der Waals surface area (Å²) in [5.74, 6) is -0.418. The lowest BCUT2D eigenvalue weighted by atomic mass is 9.89. The highest BCUT2D eigenvalue weighted by atomic mass is 35.5. The predicted molar refractivity (Wildman–Crippen MR) is 121 cm³/mol. The molecule has 0 bridgehead atoms. The van der Waals surface area contributed by atoms with Crippen LogP contribution in [0.4, 0.5) is 0 Å². The number of hydrogen-bond donors (Lipinski definition) is 1. The lowest BCUT2D eigenvalue weighted by Gasteiger charge is -2.28. The number of hydrogen-bond acceptors (Lipinski definition) is 5. The van der Waals surface area contributed by atoms with Crippen LogP contribution in [-0.2, 0) is 15.5 Å². The van der Waals surface area contributed by atoms with Gasteiger partial charge in [-0.05, 0) is 48.9 Å². The summed E-state index contributed by atoms with van der Waals surface area (Å²) in [7, 11) is -1.64. The van der Waals surface area contributed by atoms with Crippen molar-refractivity contribution in [2.75, 3.05) is 0 Å². The summed E-state index contributed by atoms with van der Waals surface area (Å²) in [6.45, 7) is 1.96. The van der Waals surface area contributed by atoms with Crippen LogP contribution in [0.5, 0.6) is 0 Å². The molecular formula is C24H18ClN3O2S. The Morgan fingerprint density at radius 1 is 1.10 bits per heavy atom. The molecule has 2 aromatic carbocycles. The second-order valence-electron chi connectivity index (χ2n) is 6.97. The van der Waals surface area contributed by atoms with E-state index in [0.717, 1.165) is 11.1 Å². The van der Waals surface area contributed by atoms with E-state index < -0.39 is 16.7 Å². The molecule has 1 aliphatic heterocycles. The van der Waals surface area contributed by atoms with Crippen LogP contribution in [0.1, 0.15) is 22.7 Å². The van der Waals surface area contributed by atoms with E-state index in [1.54, 1.807) is 54.7 Å². The minimum atomic E-state index is -1.64. The van der Waals surface area contributed by atoms with Gasteiger partial charge >= 0.3 is 0 Å². The maximum atomic E-state index is 13.9. The number of aromatic nitrogens is 1. The standard InChI is InChI=1S/C24H18ClN3O2S/c1-15-5-11-18(12-6-15)31(29)23-21(16-7-9-17(25)10-8-16)19(14-26)24(27)30-22(23)20-4-2-3-13-28-20/h2-13,21H,27H2,1H3/t21-,31-/m1/s1. The third-order valence-electron chi connectivity index (χ3n) is 4.91. The van der Waals surface area contributed by atoms with Crippen LogP contribution in [0, 0.1) is 18.3 Å². The molecule has 0 saturated heterocycles. The monoisotopic (exact) mass is 447 g/mol. The van der Waals surface area contributed by atoms with Crippen molar-refractivity contribution in [2.24, 2.45) is 5.73 Å². The fraction of sp³-hybridized carbons (Fsp3) is 0.0833. The van der Waals surface area contributed by atoms with Crippen molar-refractivity contribution in [1.29, 1.82) is 5.26 Å². The van der Waals surface area contributed by atoms with E-state index in [4.69, 9.17) is 22.1 Å². The molecular weight excluding hydrogens is 430 g/mol. The summed E-state index contributed by atoms with van der Waals surface area (Å²) in [6, 6.07) is 21.9. The Kier molecular flexibility index (Phi) is 5.90. The molecule has 1 aliphatic rings. The van der Waals surface area contributed by atoms with Crippen LogP contribution in [0.3, 0.4) is 0 Å². The summed E-state index contributed by atoms with van der Waals surface area (Å²) >= 11 is 6.08. The van der Waals surface area contributed by atoms with Crippen molar-refractivity contribution in [3.05, 3.63) is 111 Å². The Morgan fingerprint density at radius 3 is 2.42 bits per heavy atom. The normalized spacial score (nSPS) is 17.1. The zero-order valence-electron chi connectivity index (χ0n) is 16.6. The molecule has 1 aromatic heterocycles. The highest BCUT2D eigenvalue weighted by molar-refractivity contribution is 7.89. The maximum Gasteiger partial charge on any atom is 0.205 e. The molecule has 0 saturated carbocycles. The molecule has 0 aliphatic carbocycles. The van der Waals surface area contributed by atoms with Gasteiger partial charge in [0, 0.05) is 16.1 Å². The van der Waals surface area contributed by atoms with Gasteiger partial charge in [0.15, 0.2) is 5.76 Å². The molecule has 4 rings (SSSR count). The van der Waals surface area contributed by atoms with Gasteiger partial charge in [0.25, 0.3) is 0 Å². The van der Waals surface area contributed by atoms with Gasteiger partial charge in [-0.15, -0.1) is 0 Å². The van der Waals surface area contributed by atoms with E-state index in [2.05, 4.69) is 11.1 Å². The lowest BCUT2D eigenvalue weighted by Crippen LogP contribution is -2.23. The highest BCUT2D eigenvalue weighted by Crippen LogP contribution is 2.44. The second-order valence-corrected chi connectivity index (χ2v) is 8.85. The average Bonchev–Trinajstić information content (AvgIpc) is 2.79. The number of aryl methyl sites for hydroxylation is 1. The SMILES string of the molecule is Cc1ccc([S@@](=O)C2=C(c3ccccn3)OC(N)=C(C#N)[C@H]2c2ccc(Cl)cc2)cc1. The average molecular weight is 448 g/mol. The van der Waals surface area contributed by atoms with Crippen molar-refractivity contribution in [2.45, 2.75) is 17.7 Å². The molecule has 5 nitrogen and oxygen atoms in total. The van der Waals surface area contributed by atoms with Crippen molar-refractivity contribution in [1.82, 2.24) is 4.98 Å². The van der Waals surface area contributed by atoms with Gasteiger partial charge in [0.1, 0.15) is 17.3 Å². The molecule has 2 heterocycles.